The summed E-state index contributed by atoms with van der Waals surface area (Å²) in [4.78, 5) is 32.8. The molecule has 0 spiro atoms. The van der Waals surface area contributed by atoms with Gasteiger partial charge in [-0.25, -0.2) is 4.79 Å². The van der Waals surface area contributed by atoms with E-state index < -0.39 is 23.5 Å². The van der Waals surface area contributed by atoms with Gasteiger partial charge in [0, 0.05) is 12.6 Å². The van der Waals surface area contributed by atoms with Crippen LogP contribution in [-0.2, 0) is 4.79 Å². The van der Waals surface area contributed by atoms with Crippen LogP contribution in [0, 0.1) is 16.0 Å². The molecule has 3 amide bonds. The van der Waals surface area contributed by atoms with Crippen molar-refractivity contribution in [3.63, 3.8) is 0 Å². The van der Waals surface area contributed by atoms with Crippen LogP contribution in [0.25, 0.3) is 0 Å². The van der Waals surface area contributed by atoms with Crippen molar-refractivity contribution in [2.75, 3.05) is 13.2 Å². The molecule has 8 nitrogen and oxygen atoms in total. The molecular weight excluding hydrogens is 278 g/mol. The maximum Gasteiger partial charge on any atom is 0.321 e. The third-order valence-electron chi connectivity index (χ3n) is 2.32. The Morgan fingerprint density at radius 1 is 1.38 bits per heavy atom. The Kier molecular flexibility index (Phi) is 6.12. The second kappa shape index (κ2) is 7.83. The summed E-state index contributed by atoms with van der Waals surface area (Å²) in [6.45, 7) is 3.89. The topological polar surface area (TPSA) is 111 Å². The van der Waals surface area contributed by atoms with Crippen LogP contribution in [-0.4, -0.2) is 30.0 Å². The summed E-state index contributed by atoms with van der Waals surface area (Å²) >= 11 is 0. The summed E-state index contributed by atoms with van der Waals surface area (Å²) in [5, 5.41) is 15.2. The van der Waals surface area contributed by atoms with Gasteiger partial charge in [0.1, 0.15) is 5.75 Å². The minimum absolute atomic E-state index is 0.136. The maximum atomic E-state index is 11.5. The molecule has 0 saturated carbocycles. The van der Waals surface area contributed by atoms with Crippen LogP contribution in [0.4, 0.5) is 10.5 Å². The van der Waals surface area contributed by atoms with E-state index in [0.29, 0.717) is 6.54 Å². The van der Waals surface area contributed by atoms with Crippen molar-refractivity contribution >= 4 is 17.6 Å². The van der Waals surface area contributed by atoms with Crippen molar-refractivity contribution in [3.05, 3.63) is 34.4 Å². The number of urea groups is 1. The number of nitrogens with one attached hydrogen (secondary N) is 2. The van der Waals surface area contributed by atoms with E-state index in [1.54, 1.807) is 0 Å². The first-order chi connectivity index (χ1) is 9.88. The number of imide groups is 1. The highest BCUT2D eigenvalue weighted by Crippen LogP contribution is 2.18. The molecule has 0 atom stereocenters. The fourth-order valence-electron chi connectivity index (χ4n) is 1.34. The Bertz CT molecular complexity index is 530. The van der Waals surface area contributed by atoms with Crippen LogP contribution >= 0.6 is 0 Å². The molecule has 0 radical (unpaired) electrons. The molecule has 0 aliphatic heterocycles. The Labute approximate surface area is 121 Å². The summed E-state index contributed by atoms with van der Waals surface area (Å²) in [6.07, 6.45) is 0. The Hall–Kier alpha value is -2.64. The van der Waals surface area contributed by atoms with E-state index in [4.69, 9.17) is 4.74 Å². The molecule has 1 rings (SSSR count). The number of nitrogens with zero attached hydrogens (tertiary/aromatic N) is 1. The number of hydrogen-bond acceptors (Lipinski definition) is 5. The number of carbonyl (C=O) groups excluding carboxylic acids is 2. The van der Waals surface area contributed by atoms with Gasteiger partial charge in [0.15, 0.2) is 6.61 Å². The van der Waals surface area contributed by atoms with Crippen LogP contribution in [0.5, 0.6) is 5.75 Å². The second-order valence-corrected chi connectivity index (χ2v) is 4.70. The molecule has 0 aliphatic carbocycles. The number of nitro groups is 1. The lowest BCUT2D eigenvalue weighted by Crippen LogP contribution is -2.42. The number of non-ortho nitro benzene ring substituents is 1. The van der Waals surface area contributed by atoms with E-state index in [0.717, 1.165) is 0 Å². The maximum absolute atomic E-state index is 11.5. The predicted octanol–water partition coefficient (Wildman–Crippen LogP) is 1.46. The van der Waals surface area contributed by atoms with Gasteiger partial charge in [-0.05, 0) is 12.0 Å². The zero-order valence-electron chi connectivity index (χ0n) is 11.8. The van der Waals surface area contributed by atoms with E-state index in [1.807, 2.05) is 13.8 Å². The molecule has 0 aliphatic rings. The van der Waals surface area contributed by atoms with Crippen molar-refractivity contribution < 1.29 is 19.2 Å². The van der Waals surface area contributed by atoms with Crippen LogP contribution < -0.4 is 15.4 Å². The van der Waals surface area contributed by atoms with Gasteiger partial charge in [0.05, 0.1) is 11.0 Å². The SMILES string of the molecule is CC(C)CNC(=O)NC(=O)COc1cccc([N+](=O)[O-])c1. The lowest BCUT2D eigenvalue weighted by atomic mass is 10.2. The molecule has 0 saturated heterocycles. The first kappa shape index (κ1) is 16.4. The average molecular weight is 295 g/mol. The van der Waals surface area contributed by atoms with E-state index in [1.165, 1.54) is 24.3 Å². The van der Waals surface area contributed by atoms with Gasteiger partial charge in [0.25, 0.3) is 11.6 Å². The van der Waals surface area contributed by atoms with Crippen molar-refractivity contribution in [1.29, 1.82) is 0 Å². The highest BCUT2D eigenvalue weighted by Gasteiger charge is 2.10. The van der Waals surface area contributed by atoms with Crippen LogP contribution in [0.15, 0.2) is 24.3 Å². The normalized spacial score (nSPS) is 10.0. The molecular formula is C13H17N3O5. The minimum atomic E-state index is -0.636. The fourth-order valence-corrected chi connectivity index (χ4v) is 1.34. The van der Waals surface area contributed by atoms with E-state index in [-0.39, 0.29) is 17.4 Å². The Balaban J connectivity index is 2.41. The lowest BCUT2D eigenvalue weighted by Gasteiger charge is -2.09. The average Bonchev–Trinajstić information content (AvgIpc) is 2.43. The molecule has 0 fully saturated rings. The largest absolute Gasteiger partial charge is 0.484 e. The number of carbonyl (C=O) groups is 2. The van der Waals surface area contributed by atoms with Gasteiger partial charge in [-0.15, -0.1) is 0 Å². The number of hydrogen-bond donors (Lipinski definition) is 2. The molecule has 0 aromatic heterocycles. The number of benzene rings is 1. The van der Waals surface area contributed by atoms with Gasteiger partial charge in [0.2, 0.25) is 0 Å². The third-order valence-corrected chi connectivity index (χ3v) is 2.32. The molecule has 114 valence electrons. The number of nitro benzene ring substituents is 1. The standard InChI is InChI=1S/C13H17N3O5/c1-9(2)7-14-13(18)15-12(17)8-21-11-5-3-4-10(6-11)16(19)20/h3-6,9H,7-8H2,1-2H3,(H2,14,15,17,18). The molecule has 0 bridgehead atoms. The summed E-state index contributed by atoms with van der Waals surface area (Å²) in [5.41, 5.74) is -0.136. The number of ether oxygens (including phenoxy) is 1. The Morgan fingerprint density at radius 2 is 2.10 bits per heavy atom. The number of amides is 3. The molecule has 8 heteroatoms. The molecule has 21 heavy (non-hydrogen) atoms. The van der Waals surface area contributed by atoms with Gasteiger partial charge in [-0.3, -0.25) is 20.2 Å². The van der Waals surface area contributed by atoms with Gasteiger partial charge in [-0.2, -0.15) is 0 Å². The molecule has 0 unspecified atom stereocenters. The van der Waals surface area contributed by atoms with Crippen LogP contribution in [0.3, 0.4) is 0 Å². The predicted molar refractivity (Wildman–Crippen MR) is 75.0 cm³/mol. The lowest BCUT2D eigenvalue weighted by molar-refractivity contribution is -0.384. The molecule has 2 N–H and O–H groups in total. The van der Waals surface area contributed by atoms with E-state index in [9.17, 15) is 19.7 Å². The van der Waals surface area contributed by atoms with Gasteiger partial charge < -0.3 is 10.1 Å². The van der Waals surface area contributed by atoms with Crippen LogP contribution in [0.2, 0.25) is 0 Å². The van der Waals surface area contributed by atoms with Crippen LogP contribution in [0.1, 0.15) is 13.8 Å². The first-order valence-electron chi connectivity index (χ1n) is 6.33. The minimum Gasteiger partial charge on any atom is -0.484 e. The van der Waals surface area contributed by atoms with Crippen molar-refractivity contribution in [3.8, 4) is 5.75 Å². The smallest absolute Gasteiger partial charge is 0.321 e. The highest BCUT2D eigenvalue weighted by molar-refractivity contribution is 5.94. The fraction of sp³-hybridized carbons (Fsp3) is 0.385. The highest BCUT2D eigenvalue weighted by atomic mass is 16.6. The summed E-state index contributed by atoms with van der Waals surface area (Å²) in [7, 11) is 0. The summed E-state index contributed by atoms with van der Waals surface area (Å²) in [6, 6.07) is 4.84. The zero-order valence-corrected chi connectivity index (χ0v) is 11.8. The second-order valence-electron chi connectivity index (χ2n) is 4.70. The van der Waals surface area contributed by atoms with Crippen molar-refractivity contribution in [2.45, 2.75) is 13.8 Å². The van der Waals surface area contributed by atoms with Gasteiger partial charge in [-0.1, -0.05) is 19.9 Å². The molecule has 1 aromatic carbocycles. The monoisotopic (exact) mass is 295 g/mol. The van der Waals surface area contributed by atoms with Gasteiger partial charge >= 0.3 is 6.03 Å². The van der Waals surface area contributed by atoms with Crippen molar-refractivity contribution in [2.24, 2.45) is 5.92 Å². The molecule has 1 aromatic rings. The van der Waals surface area contributed by atoms with E-state index >= 15 is 0 Å². The van der Waals surface area contributed by atoms with Crippen molar-refractivity contribution in [1.82, 2.24) is 10.6 Å². The van der Waals surface area contributed by atoms with E-state index in [2.05, 4.69) is 10.6 Å². The first-order valence-corrected chi connectivity index (χ1v) is 6.33. The molecule has 0 heterocycles. The number of rotatable bonds is 6. The zero-order chi connectivity index (χ0) is 15.8. The quantitative estimate of drug-likeness (QED) is 0.609. The third kappa shape index (κ3) is 6.37. The summed E-state index contributed by atoms with van der Waals surface area (Å²) < 4.78 is 5.09. The summed E-state index contributed by atoms with van der Waals surface area (Å²) in [5.74, 6) is -0.184. The Morgan fingerprint density at radius 3 is 2.71 bits per heavy atom.